The van der Waals surface area contributed by atoms with Gasteiger partial charge in [-0.1, -0.05) is 19.3 Å². The maximum atomic E-state index is 12.6. The van der Waals surface area contributed by atoms with Crippen molar-refractivity contribution in [3.63, 3.8) is 0 Å². The van der Waals surface area contributed by atoms with Crippen LogP contribution in [-0.4, -0.2) is 40.0 Å². The van der Waals surface area contributed by atoms with E-state index in [9.17, 15) is 14.7 Å². The molecule has 0 heterocycles. The Morgan fingerprint density at radius 3 is 2.37 bits per heavy atom. The normalized spacial score (nSPS) is 24.6. The predicted octanol–water partition coefficient (Wildman–Crippen LogP) is 1.61. The highest BCUT2D eigenvalue weighted by Gasteiger charge is 2.40. The van der Waals surface area contributed by atoms with Gasteiger partial charge in [-0.15, -0.1) is 0 Å². The first kappa shape index (κ1) is 16.0. The average molecular weight is 270 g/mol. The molecule has 0 aromatic rings. The van der Waals surface area contributed by atoms with Gasteiger partial charge < -0.3 is 15.7 Å². The monoisotopic (exact) mass is 270 g/mol. The van der Waals surface area contributed by atoms with Crippen LogP contribution in [0, 0.1) is 5.92 Å². The van der Waals surface area contributed by atoms with Gasteiger partial charge in [0, 0.05) is 12.6 Å². The lowest BCUT2D eigenvalue weighted by Crippen LogP contribution is -2.56. The number of aliphatic carboxylic acids is 1. The van der Waals surface area contributed by atoms with Gasteiger partial charge in [0.1, 0.15) is 5.54 Å². The van der Waals surface area contributed by atoms with E-state index < -0.39 is 11.5 Å². The lowest BCUT2D eigenvalue weighted by Gasteiger charge is -2.37. The zero-order valence-corrected chi connectivity index (χ0v) is 12.2. The van der Waals surface area contributed by atoms with Crippen molar-refractivity contribution in [2.75, 3.05) is 6.54 Å². The van der Waals surface area contributed by atoms with Crippen molar-refractivity contribution in [1.29, 1.82) is 0 Å². The molecular formula is C14H26N2O3. The summed E-state index contributed by atoms with van der Waals surface area (Å²) in [6.45, 7) is 5.34. The third-order valence-electron chi connectivity index (χ3n) is 4.17. The molecule has 2 unspecified atom stereocenters. The van der Waals surface area contributed by atoms with Crippen LogP contribution in [0.2, 0.25) is 0 Å². The van der Waals surface area contributed by atoms with E-state index in [4.69, 9.17) is 5.73 Å². The van der Waals surface area contributed by atoms with Crippen LogP contribution in [-0.2, 0) is 9.59 Å². The fourth-order valence-corrected chi connectivity index (χ4v) is 2.79. The van der Waals surface area contributed by atoms with Crippen molar-refractivity contribution in [3.05, 3.63) is 0 Å². The van der Waals surface area contributed by atoms with Gasteiger partial charge in [-0.25, -0.2) is 4.79 Å². The molecular weight excluding hydrogens is 244 g/mol. The summed E-state index contributed by atoms with van der Waals surface area (Å²) < 4.78 is 0. The maximum Gasteiger partial charge on any atom is 0.329 e. The van der Waals surface area contributed by atoms with Gasteiger partial charge in [-0.3, -0.25) is 4.79 Å². The van der Waals surface area contributed by atoms with Crippen molar-refractivity contribution in [3.8, 4) is 0 Å². The Balaban J connectivity index is 2.91. The smallest absolute Gasteiger partial charge is 0.329 e. The highest BCUT2D eigenvalue weighted by molar-refractivity contribution is 5.87. The molecule has 1 amide bonds. The molecule has 3 N–H and O–H groups in total. The molecule has 5 nitrogen and oxygen atoms in total. The maximum absolute atomic E-state index is 12.6. The number of amides is 1. The third-order valence-corrected chi connectivity index (χ3v) is 4.17. The quantitative estimate of drug-likeness (QED) is 0.760. The molecule has 1 rings (SSSR count). The van der Waals surface area contributed by atoms with E-state index in [1.54, 1.807) is 13.8 Å². The Labute approximate surface area is 115 Å². The lowest BCUT2D eigenvalue weighted by atomic mass is 9.91. The molecule has 5 heteroatoms. The molecule has 1 aliphatic rings. The zero-order valence-electron chi connectivity index (χ0n) is 12.2. The van der Waals surface area contributed by atoms with Gasteiger partial charge in [0.05, 0.1) is 5.92 Å². The molecule has 0 saturated heterocycles. The summed E-state index contributed by atoms with van der Waals surface area (Å²) in [5.41, 5.74) is 4.91. The number of hydrogen-bond donors (Lipinski definition) is 2. The first-order valence-corrected chi connectivity index (χ1v) is 7.12. The van der Waals surface area contributed by atoms with E-state index in [0.29, 0.717) is 6.54 Å². The number of carbonyl (C=O) groups is 2. The summed E-state index contributed by atoms with van der Waals surface area (Å²) in [5.74, 6) is -1.32. The summed E-state index contributed by atoms with van der Waals surface area (Å²) in [7, 11) is 0. The van der Waals surface area contributed by atoms with Crippen LogP contribution in [0.3, 0.4) is 0 Å². The molecule has 19 heavy (non-hydrogen) atoms. The lowest BCUT2D eigenvalue weighted by molar-refractivity contribution is -0.159. The van der Waals surface area contributed by atoms with Gasteiger partial charge in [0.2, 0.25) is 5.91 Å². The second-order valence-electron chi connectivity index (χ2n) is 5.86. The number of carboxylic acids is 1. The predicted molar refractivity (Wildman–Crippen MR) is 73.7 cm³/mol. The second-order valence-corrected chi connectivity index (χ2v) is 5.86. The molecule has 0 spiro atoms. The fraction of sp³-hybridized carbons (Fsp3) is 0.857. The minimum Gasteiger partial charge on any atom is -0.480 e. The average Bonchev–Trinajstić information content (AvgIpc) is 2.54. The molecule has 1 saturated carbocycles. The number of likely N-dealkylation sites (N-methyl/N-ethyl adjacent to an activating group) is 1. The Kier molecular flexibility index (Phi) is 5.35. The van der Waals surface area contributed by atoms with Crippen LogP contribution < -0.4 is 5.73 Å². The van der Waals surface area contributed by atoms with Crippen molar-refractivity contribution >= 4 is 11.9 Å². The number of nitrogens with two attached hydrogens (primary N) is 1. The van der Waals surface area contributed by atoms with Crippen molar-refractivity contribution in [1.82, 2.24) is 4.90 Å². The van der Waals surface area contributed by atoms with Crippen LogP contribution in [0.5, 0.6) is 0 Å². The van der Waals surface area contributed by atoms with Gasteiger partial charge >= 0.3 is 5.97 Å². The molecule has 2 atom stereocenters. The Morgan fingerprint density at radius 2 is 1.84 bits per heavy atom. The van der Waals surface area contributed by atoms with Crippen molar-refractivity contribution < 1.29 is 14.7 Å². The zero-order chi connectivity index (χ0) is 14.6. The van der Waals surface area contributed by atoms with Crippen LogP contribution in [0.25, 0.3) is 0 Å². The number of hydrogen-bond acceptors (Lipinski definition) is 3. The van der Waals surface area contributed by atoms with Gasteiger partial charge in [0.25, 0.3) is 0 Å². The molecule has 0 aliphatic heterocycles. The summed E-state index contributed by atoms with van der Waals surface area (Å²) in [5, 5.41) is 9.29. The molecule has 0 radical (unpaired) electrons. The van der Waals surface area contributed by atoms with E-state index in [2.05, 4.69) is 0 Å². The minimum atomic E-state index is -1.18. The minimum absolute atomic E-state index is 0.107. The Morgan fingerprint density at radius 1 is 1.26 bits per heavy atom. The first-order chi connectivity index (χ1) is 8.82. The Bertz CT molecular complexity index is 342. The highest BCUT2D eigenvalue weighted by atomic mass is 16.4. The van der Waals surface area contributed by atoms with Crippen LogP contribution in [0.4, 0.5) is 0 Å². The number of carbonyl (C=O) groups excluding carboxylic acids is 1. The summed E-state index contributed by atoms with van der Waals surface area (Å²) >= 11 is 0. The molecule has 0 aromatic carbocycles. The van der Waals surface area contributed by atoms with Gasteiger partial charge in [-0.2, -0.15) is 0 Å². The van der Waals surface area contributed by atoms with Crippen LogP contribution in [0.1, 0.15) is 52.9 Å². The Hall–Kier alpha value is -1.10. The summed E-state index contributed by atoms with van der Waals surface area (Å²) in [6.07, 6.45) is 4.77. The molecule has 1 fully saturated rings. The van der Waals surface area contributed by atoms with Crippen LogP contribution in [0.15, 0.2) is 0 Å². The van der Waals surface area contributed by atoms with Crippen molar-refractivity contribution in [2.24, 2.45) is 11.7 Å². The standard InChI is InChI=1S/C14H26N2O3/c1-4-16(14(2,3)13(18)19)12(17)10-8-6-5-7-9-11(10)15/h10-11H,4-9,15H2,1-3H3,(H,18,19). The molecule has 1 aliphatic carbocycles. The van der Waals surface area contributed by atoms with Crippen molar-refractivity contribution in [2.45, 2.75) is 64.5 Å². The highest BCUT2D eigenvalue weighted by Crippen LogP contribution is 2.27. The van der Waals surface area contributed by atoms with E-state index in [0.717, 1.165) is 32.1 Å². The number of carboxylic acid groups (broad SMARTS) is 1. The van der Waals surface area contributed by atoms with Gasteiger partial charge in [0.15, 0.2) is 0 Å². The third kappa shape index (κ3) is 3.47. The first-order valence-electron chi connectivity index (χ1n) is 7.12. The SMILES string of the molecule is CCN(C(=O)C1CCCCCC1N)C(C)(C)C(=O)O. The fourth-order valence-electron chi connectivity index (χ4n) is 2.79. The topological polar surface area (TPSA) is 83.6 Å². The van der Waals surface area contributed by atoms with Crippen LogP contribution >= 0.6 is 0 Å². The number of nitrogens with zero attached hydrogens (tertiary/aromatic N) is 1. The second kappa shape index (κ2) is 6.37. The summed E-state index contributed by atoms with van der Waals surface area (Å²) in [6, 6.07) is -0.145. The molecule has 0 bridgehead atoms. The van der Waals surface area contributed by atoms with E-state index in [1.165, 1.54) is 4.90 Å². The van der Waals surface area contributed by atoms with E-state index >= 15 is 0 Å². The summed E-state index contributed by atoms with van der Waals surface area (Å²) in [4.78, 5) is 25.4. The largest absolute Gasteiger partial charge is 0.480 e. The molecule has 0 aromatic heterocycles. The number of rotatable bonds is 4. The molecule has 110 valence electrons. The van der Waals surface area contributed by atoms with E-state index in [1.807, 2.05) is 6.92 Å². The van der Waals surface area contributed by atoms with Gasteiger partial charge in [-0.05, 0) is 33.6 Å². The van der Waals surface area contributed by atoms with E-state index in [-0.39, 0.29) is 17.9 Å².